The second-order valence-electron chi connectivity index (χ2n) is 4.98. The molecule has 0 amide bonds. The fourth-order valence-corrected chi connectivity index (χ4v) is 2.43. The lowest BCUT2D eigenvalue weighted by atomic mass is 9.94. The third-order valence-electron chi connectivity index (χ3n) is 3.53. The highest BCUT2D eigenvalue weighted by Crippen LogP contribution is 2.21. The van der Waals surface area contributed by atoms with Crippen molar-refractivity contribution in [2.75, 3.05) is 17.6 Å². The number of fused-ring (bicyclic) bond motifs is 1. The lowest BCUT2D eigenvalue weighted by Crippen LogP contribution is -2.17. The maximum Gasteiger partial charge on any atom is 0.169 e. The molecule has 3 N–H and O–H groups in total. The monoisotopic (exact) mass is 254 g/mol. The Kier molecular flexibility index (Phi) is 3.31. The number of hydrogen-bond donors (Lipinski definition) is 2. The highest BCUT2D eigenvalue weighted by Gasteiger charge is 2.11. The molecule has 4 nitrogen and oxygen atoms in total. The molecule has 1 aromatic heterocycles. The normalized spacial score (nSPS) is 18.6. The molecular formula is C15H18N4. The Balaban J connectivity index is 1.76. The summed E-state index contributed by atoms with van der Waals surface area (Å²) in [6, 6.07) is 7.78. The van der Waals surface area contributed by atoms with Crippen molar-refractivity contribution in [1.82, 2.24) is 9.97 Å². The number of nitrogens with one attached hydrogen (secondary N) is 1. The first-order valence-electron chi connectivity index (χ1n) is 6.74. The topological polar surface area (TPSA) is 63.8 Å². The van der Waals surface area contributed by atoms with Crippen LogP contribution in [0.4, 0.5) is 11.6 Å². The fourth-order valence-electron chi connectivity index (χ4n) is 2.43. The van der Waals surface area contributed by atoms with Crippen LogP contribution in [0.2, 0.25) is 0 Å². The molecule has 0 radical (unpaired) electrons. The molecule has 1 atom stereocenters. The van der Waals surface area contributed by atoms with E-state index in [1.807, 2.05) is 24.3 Å². The first-order chi connectivity index (χ1) is 9.33. The zero-order valence-electron chi connectivity index (χ0n) is 10.8. The maximum atomic E-state index is 5.95. The predicted molar refractivity (Wildman–Crippen MR) is 78.9 cm³/mol. The van der Waals surface area contributed by atoms with Crippen molar-refractivity contribution in [3.63, 3.8) is 0 Å². The minimum atomic E-state index is 0.477. The molecule has 19 heavy (non-hydrogen) atoms. The number of anilines is 2. The summed E-state index contributed by atoms with van der Waals surface area (Å²) >= 11 is 0. The molecule has 2 aromatic rings. The fraction of sp³-hybridized carbons (Fsp3) is 0.333. The molecule has 3 rings (SSSR count). The van der Waals surface area contributed by atoms with Gasteiger partial charge in [-0.2, -0.15) is 0 Å². The lowest BCUT2D eigenvalue weighted by molar-refractivity contribution is 0.504. The van der Waals surface area contributed by atoms with Gasteiger partial charge in [0.05, 0.1) is 11.0 Å². The molecule has 1 unspecified atom stereocenters. The molecule has 0 saturated heterocycles. The van der Waals surface area contributed by atoms with Crippen molar-refractivity contribution >= 4 is 22.7 Å². The van der Waals surface area contributed by atoms with Crippen LogP contribution in [-0.4, -0.2) is 16.5 Å². The first-order valence-corrected chi connectivity index (χ1v) is 6.74. The molecule has 0 bridgehead atoms. The van der Waals surface area contributed by atoms with Gasteiger partial charge in [0.2, 0.25) is 0 Å². The highest BCUT2D eigenvalue weighted by molar-refractivity contribution is 5.79. The van der Waals surface area contributed by atoms with Crippen LogP contribution in [0.25, 0.3) is 11.0 Å². The van der Waals surface area contributed by atoms with Gasteiger partial charge < -0.3 is 11.1 Å². The summed E-state index contributed by atoms with van der Waals surface area (Å²) in [5.41, 5.74) is 7.67. The molecule has 4 heteroatoms. The van der Waals surface area contributed by atoms with Crippen LogP contribution in [0.3, 0.4) is 0 Å². The van der Waals surface area contributed by atoms with Gasteiger partial charge in [-0.15, -0.1) is 0 Å². The first kappa shape index (κ1) is 12.0. The van der Waals surface area contributed by atoms with E-state index in [0.29, 0.717) is 17.6 Å². The molecule has 1 aromatic carbocycles. The van der Waals surface area contributed by atoms with Gasteiger partial charge in [-0.05, 0) is 37.3 Å². The van der Waals surface area contributed by atoms with Crippen molar-refractivity contribution in [2.24, 2.45) is 5.92 Å². The number of benzene rings is 1. The Labute approximate surface area is 112 Å². The minimum absolute atomic E-state index is 0.477. The lowest BCUT2D eigenvalue weighted by Gasteiger charge is -2.18. The van der Waals surface area contributed by atoms with Gasteiger partial charge in [-0.1, -0.05) is 24.3 Å². The molecular weight excluding hydrogens is 236 g/mol. The van der Waals surface area contributed by atoms with E-state index in [2.05, 4.69) is 27.4 Å². The third kappa shape index (κ3) is 2.67. The molecule has 1 heterocycles. The Morgan fingerprint density at radius 2 is 1.95 bits per heavy atom. The smallest absolute Gasteiger partial charge is 0.169 e. The van der Waals surface area contributed by atoms with Crippen LogP contribution in [0.5, 0.6) is 0 Å². The second-order valence-corrected chi connectivity index (χ2v) is 4.98. The van der Waals surface area contributed by atoms with Gasteiger partial charge in [-0.25, -0.2) is 9.97 Å². The molecule has 1 aliphatic rings. The van der Waals surface area contributed by atoms with Crippen molar-refractivity contribution in [3.05, 3.63) is 36.4 Å². The Morgan fingerprint density at radius 1 is 1.16 bits per heavy atom. The van der Waals surface area contributed by atoms with E-state index in [0.717, 1.165) is 24.0 Å². The second kappa shape index (κ2) is 5.26. The van der Waals surface area contributed by atoms with Crippen molar-refractivity contribution in [2.45, 2.75) is 19.3 Å². The van der Waals surface area contributed by atoms with Crippen LogP contribution in [-0.2, 0) is 0 Å². The maximum absolute atomic E-state index is 5.95. The number of para-hydroxylation sites is 2. The van der Waals surface area contributed by atoms with Crippen molar-refractivity contribution in [1.29, 1.82) is 0 Å². The van der Waals surface area contributed by atoms with E-state index in [1.165, 1.54) is 12.8 Å². The van der Waals surface area contributed by atoms with Crippen LogP contribution >= 0.6 is 0 Å². The molecule has 0 saturated carbocycles. The average molecular weight is 254 g/mol. The zero-order valence-corrected chi connectivity index (χ0v) is 10.8. The minimum Gasteiger partial charge on any atom is -0.381 e. The largest absolute Gasteiger partial charge is 0.381 e. The SMILES string of the molecule is Nc1nc2ccccc2nc1NCC1CC=CCC1. The number of rotatable bonds is 3. The van der Waals surface area contributed by atoms with E-state index in [-0.39, 0.29) is 0 Å². The summed E-state index contributed by atoms with van der Waals surface area (Å²) in [6.45, 7) is 0.904. The summed E-state index contributed by atoms with van der Waals surface area (Å²) in [5, 5.41) is 3.34. The van der Waals surface area contributed by atoms with Gasteiger partial charge in [0.1, 0.15) is 0 Å². The van der Waals surface area contributed by atoms with Crippen molar-refractivity contribution in [3.8, 4) is 0 Å². The van der Waals surface area contributed by atoms with E-state index in [9.17, 15) is 0 Å². The summed E-state index contributed by atoms with van der Waals surface area (Å²) in [7, 11) is 0. The number of nitrogens with zero attached hydrogens (tertiary/aromatic N) is 2. The summed E-state index contributed by atoms with van der Waals surface area (Å²) in [6.07, 6.45) is 8.04. The predicted octanol–water partition coefficient (Wildman–Crippen LogP) is 2.98. The zero-order chi connectivity index (χ0) is 13.1. The van der Waals surface area contributed by atoms with Gasteiger partial charge >= 0.3 is 0 Å². The molecule has 0 aliphatic heterocycles. The highest BCUT2D eigenvalue weighted by atomic mass is 15.1. The molecule has 98 valence electrons. The molecule has 1 aliphatic carbocycles. The van der Waals surface area contributed by atoms with E-state index in [1.54, 1.807) is 0 Å². The Bertz CT molecular complexity index is 606. The number of nitrogen functional groups attached to an aromatic ring is 1. The van der Waals surface area contributed by atoms with Crippen LogP contribution in [0, 0.1) is 5.92 Å². The van der Waals surface area contributed by atoms with Crippen molar-refractivity contribution < 1.29 is 0 Å². The Hall–Kier alpha value is -2.10. The molecule has 0 fully saturated rings. The number of nitrogens with two attached hydrogens (primary N) is 1. The van der Waals surface area contributed by atoms with Crippen LogP contribution in [0.15, 0.2) is 36.4 Å². The van der Waals surface area contributed by atoms with Gasteiger partial charge in [0.15, 0.2) is 11.6 Å². The van der Waals surface area contributed by atoms with Gasteiger partial charge in [0.25, 0.3) is 0 Å². The summed E-state index contributed by atoms with van der Waals surface area (Å²) in [5.74, 6) is 1.84. The van der Waals surface area contributed by atoms with E-state index in [4.69, 9.17) is 5.73 Å². The van der Waals surface area contributed by atoms with Crippen LogP contribution in [0.1, 0.15) is 19.3 Å². The van der Waals surface area contributed by atoms with Gasteiger partial charge in [0, 0.05) is 6.54 Å². The summed E-state index contributed by atoms with van der Waals surface area (Å²) < 4.78 is 0. The average Bonchev–Trinajstić information content (AvgIpc) is 2.46. The van der Waals surface area contributed by atoms with E-state index >= 15 is 0 Å². The summed E-state index contributed by atoms with van der Waals surface area (Å²) in [4.78, 5) is 8.92. The van der Waals surface area contributed by atoms with E-state index < -0.39 is 0 Å². The number of allylic oxidation sites excluding steroid dienone is 2. The standard InChI is InChI=1S/C15H18N4/c16-14-15(17-10-11-6-2-1-3-7-11)19-13-9-5-4-8-12(13)18-14/h1-2,4-5,8-9,11H,3,6-7,10H2,(H2,16,18)(H,17,19). The quantitative estimate of drug-likeness (QED) is 0.826. The van der Waals surface area contributed by atoms with Gasteiger partial charge in [-0.3, -0.25) is 0 Å². The Morgan fingerprint density at radius 3 is 2.68 bits per heavy atom. The van der Waals surface area contributed by atoms with Crippen LogP contribution < -0.4 is 11.1 Å². The number of hydrogen-bond acceptors (Lipinski definition) is 4. The number of aromatic nitrogens is 2. The molecule has 0 spiro atoms. The third-order valence-corrected chi connectivity index (χ3v) is 3.53.